The molecular weight excluding hydrogens is 416 g/mol. The number of aliphatic carboxylic acids is 2. The van der Waals surface area contributed by atoms with Gasteiger partial charge in [0.1, 0.15) is 24.0 Å². The molecule has 172 valence electrons. The van der Waals surface area contributed by atoms with Gasteiger partial charge in [0.15, 0.2) is 12.2 Å². The van der Waals surface area contributed by atoms with Gasteiger partial charge in [-0.2, -0.15) is 0 Å². The van der Waals surface area contributed by atoms with E-state index in [1.807, 2.05) is 0 Å². The maximum atomic E-state index is 11.2. The third-order valence-corrected chi connectivity index (χ3v) is 4.44. The summed E-state index contributed by atoms with van der Waals surface area (Å²) in [5.41, 5.74) is 1.65. The Hall–Kier alpha value is -3.36. The first kappa shape index (κ1) is 24.9. The third kappa shape index (κ3) is 8.41. The van der Waals surface area contributed by atoms with Crippen LogP contribution in [0.3, 0.4) is 0 Å². The predicted octanol–water partition coefficient (Wildman–Crippen LogP) is 3.68. The van der Waals surface area contributed by atoms with E-state index in [1.54, 1.807) is 62.4 Å². The van der Waals surface area contributed by atoms with Crippen LogP contribution in [0.25, 0.3) is 0 Å². The number of carboxylic acid groups (broad SMARTS) is 2. The highest BCUT2D eigenvalue weighted by Gasteiger charge is 2.18. The molecule has 0 spiro atoms. The molecule has 2 atom stereocenters. The van der Waals surface area contributed by atoms with E-state index in [-0.39, 0.29) is 12.8 Å². The first-order valence-corrected chi connectivity index (χ1v) is 10.3. The summed E-state index contributed by atoms with van der Waals surface area (Å²) in [6.45, 7) is 4.18. The van der Waals surface area contributed by atoms with Gasteiger partial charge >= 0.3 is 11.9 Å². The van der Waals surface area contributed by atoms with Crippen molar-refractivity contribution in [1.82, 2.24) is 0 Å². The summed E-state index contributed by atoms with van der Waals surface area (Å²) >= 11 is 0. The Balaban J connectivity index is 1.82. The van der Waals surface area contributed by atoms with Crippen LogP contribution in [-0.2, 0) is 31.9 Å². The summed E-state index contributed by atoms with van der Waals surface area (Å²) in [5, 5.41) is 18.3. The fourth-order valence-electron chi connectivity index (χ4n) is 2.89. The minimum absolute atomic E-state index is 0.274. The van der Waals surface area contributed by atoms with Crippen molar-refractivity contribution in [3.63, 3.8) is 0 Å². The van der Waals surface area contributed by atoms with Gasteiger partial charge in [0.2, 0.25) is 0 Å². The van der Waals surface area contributed by atoms with E-state index in [9.17, 15) is 9.59 Å². The van der Waals surface area contributed by atoms with Crippen LogP contribution in [0, 0.1) is 0 Å². The number of benzene rings is 2. The second-order valence-corrected chi connectivity index (χ2v) is 6.77. The molecule has 8 nitrogen and oxygen atoms in total. The smallest absolute Gasteiger partial charge is 0.333 e. The second kappa shape index (κ2) is 13.1. The van der Waals surface area contributed by atoms with Crippen molar-refractivity contribution in [2.24, 2.45) is 0 Å². The van der Waals surface area contributed by atoms with Gasteiger partial charge in [-0.3, -0.25) is 0 Å². The molecule has 2 N–H and O–H groups in total. The highest BCUT2D eigenvalue weighted by Crippen LogP contribution is 2.17. The van der Waals surface area contributed by atoms with Crippen molar-refractivity contribution in [2.45, 2.75) is 38.9 Å². The van der Waals surface area contributed by atoms with Crippen molar-refractivity contribution in [3.8, 4) is 11.5 Å². The van der Waals surface area contributed by atoms with E-state index < -0.39 is 24.1 Å². The Morgan fingerprint density at radius 2 is 1.06 bits per heavy atom. The molecule has 0 heterocycles. The van der Waals surface area contributed by atoms with E-state index in [4.69, 9.17) is 29.2 Å². The molecule has 0 aliphatic heterocycles. The summed E-state index contributed by atoms with van der Waals surface area (Å²) in [6, 6.07) is 14.1. The summed E-state index contributed by atoms with van der Waals surface area (Å²) in [7, 11) is 0. The van der Waals surface area contributed by atoms with Crippen LogP contribution in [0.15, 0.2) is 61.1 Å². The number of carbonyl (C=O) groups is 2. The Morgan fingerprint density at radius 3 is 1.34 bits per heavy atom. The lowest BCUT2D eigenvalue weighted by Gasteiger charge is -2.12. The zero-order chi connectivity index (χ0) is 23.3. The molecule has 0 saturated heterocycles. The van der Waals surface area contributed by atoms with Gasteiger partial charge in [-0.25, -0.2) is 9.59 Å². The molecule has 0 aliphatic carbocycles. The van der Waals surface area contributed by atoms with Crippen LogP contribution in [0.2, 0.25) is 0 Å². The molecule has 2 aromatic rings. The molecule has 32 heavy (non-hydrogen) atoms. The van der Waals surface area contributed by atoms with E-state index in [2.05, 4.69) is 0 Å². The molecule has 0 fully saturated rings. The van der Waals surface area contributed by atoms with Gasteiger partial charge < -0.3 is 29.2 Å². The molecule has 0 saturated carbocycles. The largest absolute Gasteiger partial charge is 0.479 e. The van der Waals surface area contributed by atoms with Crippen LogP contribution in [0.4, 0.5) is 0 Å². The number of hydrogen-bond donors (Lipinski definition) is 2. The topological polar surface area (TPSA) is 112 Å². The van der Waals surface area contributed by atoms with Crippen LogP contribution >= 0.6 is 0 Å². The molecule has 0 unspecified atom stereocenters. The Labute approximate surface area is 187 Å². The maximum Gasteiger partial charge on any atom is 0.333 e. The number of hydrogen-bond acceptors (Lipinski definition) is 6. The maximum absolute atomic E-state index is 11.2. The highest BCUT2D eigenvalue weighted by molar-refractivity contribution is 5.73. The lowest BCUT2D eigenvalue weighted by atomic mass is 10.1. The molecule has 0 aliphatic rings. The summed E-state index contributed by atoms with van der Waals surface area (Å²) < 4.78 is 21.4. The average Bonchev–Trinajstić information content (AvgIpc) is 2.78. The minimum Gasteiger partial charge on any atom is -0.479 e. The molecule has 0 bridgehead atoms. The zero-order valence-electron chi connectivity index (χ0n) is 18.1. The zero-order valence-corrected chi connectivity index (χ0v) is 18.1. The molecule has 2 aromatic carbocycles. The van der Waals surface area contributed by atoms with Crippen LogP contribution in [0.5, 0.6) is 11.5 Å². The average molecular weight is 444 g/mol. The molecule has 0 aromatic heterocycles. The molecular formula is C24H28O8. The fraction of sp³-hybridized carbons (Fsp3) is 0.333. The van der Waals surface area contributed by atoms with Gasteiger partial charge in [-0.1, -0.05) is 24.3 Å². The van der Waals surface area contributed by atoms with Gasteiger partial charge in [0.05, 0.1) is 0 Å². The normalized spacial score (nSPS) is 12.9. The Kier molecular flexibility index (Phi) is 10.2. The summed E-state index contributed by atoms with van der Waals surface area (Å²) in [6.07, 6.45) is 1.57. The van der Waals surface area contributed by atoms with Crippen molar-refractivity contribution >= 4 is 11.9 Å². The molecule has 8 heteroatoms. The van der Waals surface area contributed by atoms with Gasteiger partial charge in [-0.05, 0) is 49.2 Å². The first-order valence-electron chi connectivity index (χ1n) is 10.3. The monoisotopic (exact) mass is 444 g/mol. The number of ether oxygens (including phenoxy) is 4. The lowest BCUT2D eigenvalue weighted by Crippen LogP contribution is -2.26. The minimum atomic E-state index is -0.990. The van der Waals surface area contributed by atoms with Crippen molar-refractivity contribution in [1.29, 1.82) is 0 Å². The Bertz CT molecular complexity index is 800. The molecule has 0 amide bonds. The SMILES string of the molecule is CCO[C@@H](Cc1ccc(O/C=C\Oc2ccc(C[C@@H](OCC)C(=O)O)cc2)cc1)C(=O)O. The highest BCUT2D eigenvalue weighted by atomic mass is 16.5. The predicted molar refractivity (Wildman–Crippen MR) is 117 cm³/mol. The van der Waals surface area contributed by atoms with E-state index in [1.165, 1.54) is 12.5 Å². The third-order valence-electron chi connectivity index (χ3n) is 4.44. The fourth-order valence-corrected chi connectivity index (χ4v) is 2.89. The van der Waals surface area contributed by atoms with E-state index in [0.717, 1.165) is 11.1 Å². The van der Waals surface area contributed by atoms with Crippen LogP contribution < -0.4 is 9.47 Å². The summed E-state index contributed by atoms with van der Waals surface area (Å²) in [5.74, 6) is -0.835. The van der Waals surface area contributed by atoms with Crippen LogP contribution in [-0.4, -0.2) is 47.6 Å². The number of carboxylic acids is 2. The van der Waals surface area contributed by atoms with E-state index in [0.29, 0.717) is 24.7 Å². The van der Waals surface area contributed by atoms with Gasteiger partial charge in [0.25, 0.3) is 0 Å². The van der Waals surface area contributed by atoms with Crippen molar-refractivity contribution < 1.29 is 38.7 Å². The first-order chi connectivity index (χ1) is 15.4. The second-order valence-electron chi connectivity index (χ2n) is 6.77. The van der Waals surface area contributed by atoms with Crippen molar-refractivity contribution in [3.05, 3.63) is 72.2 Å². The quantitative estimate of drug-likeness (QED) is 0.425. The van der Waals surface area contributed by atoms with Crippen molar-refractivity contribution in [2.75, 3.05) is 13.2 Å². The molecule has 0 radical (unpaired) electrons. The lowest BCUT2D eigenvalue weighted by molar-refractivity contribution is -0.150. The van der Waals surface area contributed by atoms with Gasteiger partial charge in [0, 0.05) is 26.1 Å². The molecule has 2 rings (SSSR count). The summed E-state index contributed by atoms with van der Waals surface area (Å²) in [4.78, 5) is 22.3. The number of rotatable bonds is 14. The Morgan fingerprint density at radius 1 is 0.719 bits per heavy atom. The van der Waals surface area contributed by atoms with Crippen LogP contribution in [0.1, 0.15) is 25.0 Å². The van der Waals surface area contributed by atoms with Gasteiger partial charge in [-0.15, -0.1) is 0 Å². The van der Waals surface area contributed by atoms with E-state index >= 15 is 0 Å². The standard InChI is InChI=1S/C24H28O8/c1-3-29-21(23(25)26)15-17-5-9-19(10-6-17)31-13-14-32-20-11-7-18(8-12-20)16-22(24(27)28)30-4-2/h5-14,21-22H,3-4,15-16H2,1-2H3,(H,25,26)(H,27,28)/b14-13-/t21-,22+.